The third-order valence-corrected chi connectivity index (χ3v) is 8.06. The molecule has 0 aromatic heterocycles. The normalized spacial score (nSPS) is 14.8. The maximum Gasteiger partial charge on any atom is 0.573 e. The van der Waals surface area contributed by atoms with Crippen molar-refractivity contribution in [3.8, 4) is 11.5 Å². The molecule has 0 bridgehead atoms. The first-order valence-corrected chi connectivity index (χ1v) is 13.1. The Kier molecular flexibility index (Phi) is 7.67. The van der Waals surface area contributed by atoms with E-state index in [9.17, 15) is 34.8 Å². The van der Waals surface area contributed by atoms with Gasteiger partial charge in [-0.1, -0.05) is 54.6 Å². The fourth-order valence-corrected chi connectivity index (χ4v) is 5.69. The highest BCUT2D eigenvalue weighted by Gasteiger charge is 2.41. The molecule has 0 aliphatic heterocycles. The standard InChI is InChI=1S/C26H23F6NO4S/c27-25(28,29)36-21-10-6-19(7-11-21)24(16-18-4-2-1-3-5-18,17-33-38(34,35)23-14-15-23)20-8-12-22(13-9-20)37-26(30,31)32/h1-13,23,33H,14-17H2. The van der Waals surface area contributed by atoms with Gasteiger partial charge in [-0.15, -0.1) is 26.3 Å². The highest BCUT2D eigenvalue weighted by atomic mass is 32.2. The predicted octanol–water partition coefficient (Wildman–Crippen LogP) is 6.09. The maximum atomic E-state index is 12.8. The largest absolute Gasteiger partial charge is 0.573 e. The highest BCUT2D eigenvalue weighted by Crippen LogP contribution is 2.39. The van der Waals surface area contributed by atoms with Crippen molar-refractivity contribution < 1.29 is 44.2 Å². The summed E-state index contributed by atoms with van der Waals surface area (Å²) in [6.45, 7) is -0.195. The van der Waals surface area contributed by atoms with Crippen LogP contribution in [0.3, 0.4) is 0 Å². The van der Waals surface area contributed by atoms with E-state index in [0.29, 0.717) is 24.0 Å². The molecule has 4 rings (SSSR count). The summed E-state index contributed by atoms with van der Waals surface area (Å²) in [6, 6.07) is 18.9. The van der Waals surface area contributed by atoms with E-state index in [2.05, 4.69) is 14.2 Å². The Morgan fingerprint density at radius 2 is 1.16 bits per heavy atom. The molecule has 1 N–H and O–H groups in total. The topological polar surface area (TPSA) is 64.6 Å². The molecule has 0 radical (unpaired) electrons. The zero-order valence-electron chi connectivity index (χ0n) is 19.7. The quantitative estimate of drug-likeness (QED) is 0.305. The fourth-order valence-electron chi connectivity index (χ4n) is 4.25. The zero-order chi connectivity index (χ0) is 27.6. The Balaban J connectivity index is 1.81. The van der Waals surface area contributed by atoms with Gasteiger partial charge in [0.2, 0.25) is 10.0 Å². The summed E-state index contributed by atoms with van der Waals surface area (Å²) in [4.78, 5) is 0. The highest BCUT2D eigenvalue weighted by molar-refractivity contribution is 7.90. The number of rotatable bonds is 10. The Labute approximate surface area is 215 Å². The molecule has 0 atom stereocenters. The summed E-state index contributed by atoms with van der Waals surface area (Å²) in [5, 5.41) is -0.540. The van der Waals surface area contributed by atoms with Crippen molar-refractivity contribution in [1.29, 1.82) is 0 Å². The van der Waals surface area contributed by atoms with E-state index in [1.807, 2.05) is 0 Å². The summed E-state index contributed by atoms with van der Waals surface area (Å²) in [5.41, 5.74) is 0.415. The molecule has 0 spiro atoms. The van der Waals surface area contributed by atoms with Gasteiger partial charge in [-0.2, -0.15) is 0 Å². The molecule has 1 aliphatic carbocycles. The average molecular weight is 560 g/mol. The van der Waals surface area contributed by atoms with Crippen LogP contribution in [0, 0.1) is 0 Å². The van der Waals surface area contributed by atoms with Crippen LogP contribution in [0.2, 0.25) is 0 Å². The molecule has 204 valence electrons. The molecule has 0 unspecified atom stereocenters. The van der Waals surface area contributed by atoms with Gasteiger partial charge in [-0.3, -0.25) is 0 Å². The van der Waals surface area contributed by atoms with Crippen LogP contribution in [0.1, 0.15) is 29.5 Å². The summed E-state index contributed by atoms with van der Waals surface area (Å²) < 4.78 is 112. The van der Waals surface area contributed by atoms with E-state index in [1.165, 1.54) is 24.3 Å². The Morgan fingerprint density at radius 3 is 1.55 bits per heavy atom. The van der Waals surface area contributed by atoms with Gasteiger partial charge in [0, 0.05) is 12.0 Å². The number of alkyl halides is 6. The van der Waals surface area contributed by atoms with Crippen LogP contribution in [0.5, 0.6) is 11.5 Å². The lowest BCUT2D eigenvalue weighted by Gasteiger charge is -2.36. The molecular formula is C26H23F6NO4S. The minimum absolute atomic E-state index is 0.181. The van der Waals surface area contributed by atoms with Crippen molar-refractivity contribution in [2.75, 3.05) is 6.54 Å². The van der Waals surface area contributed by atoms with Crippen molar-refractivity contribution in [3.63, 3.8) is 0 Å². The van der Waals surface area contributed by atoms with Crippen LogP contribution in [0.25, 0.3) is 0 Å². The van der Waals surface area contributed by atoms with Crippen molar-refractivity contribution in [2.24, 2.45) is 0 Å². The number of nitrogens with one attached hydrogen (secondary N) is 1. The number of sulfonamides is 1. The molecule has 12 heteroatoms. The summed E-state index contributed by atoms with van der Waals surface area (Å²) in [6.07, 6.45) is -8.62. The maximum absolute atomic E-state index is 12.8. The monoisotopic (exact) mass is 559 g/mol. The lowest BCUT2D eigenvalue weighted by molar-refractivity contribution is -0.275. The van der Waals surface area contributed by atoms with E-state index in [4.69, 9.17) is 0 Å². The van der Waals surface area contributed by atoms with Crippen LogP contribution in [0.4, 0.5) is 26.3 Å². The number of ether oxygens (including phenoxy) is 2. The van der Waals surface area contributed by atoms with Crippen molar-refractivity contribution in [2.45, 2.75) is 42.7 Å². The second-order valence-electron chi connectivity index (χ2n) is 8.95. The minimum Gasteiger partial charge on any atom is -0.406 e. The van der Waals surface area contributed by atoms with Crippen LogP contribution < -0.4 is 14.2 Å². The van der Waals surface area contributed by atoms with Crippen LogP contribution in [-0.4, -0.2) is 32.9 Å². The zero-order valence-corrected chi connectivity index (χ0v) is 20.5. The Bertz CT molecular complexity index is 1260. The van der Waals surface area contributed by atoms with Gasteiger partial charge in [-0.25, -0.2) is 13.1 Å². The number of benzene rings is 3. The van der Waals surface area contributed by atoms with Crippen LogP contribution >= 0.6 is 0 Å². The van der Waals surface area contributed by atoms with Gasteiger partial charge >= 0.3 is 12.7 Å². The fraction of sp³-hybridized carbons (Fsp3) is 0.308. The molecule has 3 aromatic rings. The second-order valence-corrected chi connectivity index (χ2v) is 11.0. The molecule has 1 fully saturated rings. The Hall–Kier alpha value is -3.25. The molecule has 1 aliphatic rings. The second kappa shape index (κ2) is 10.5. The van der Waals surface area contributed by atoms with E-state index < -0.39 is 44.9 Å². The lowest BCUT2D eigenvalue weighted by Crippen LogP contribution is -2.44. The van der Waals surface area contributed by atoms with Gasteiger partial charge in [0.15, 0.2) is 0 Å². The van der Waals surface area contributed by atoms with Crippen molar-refractivity contribution >= 4 is 10.0 Å². The first-order chi connectivity index (χ1) is 17.8. The average Bonchev–Trinajstić information content (AvgIpc) is 3.68. The smallest absolute Gasteiger partial charge is 0.406 e. The first-order valence-electron chi connectivity index (χ1n) is 11.5. The van der Waals surface area contributed by atoms with Gasteiger partial charge in [0.05, 0.1) is 5.25 Å². The van der Waals surface area contributed by atoms with Crippen molar-refractivity contribution in [3.05, 3.63) is 95.6 Å². The molecule has 3 aromatic carbocycles. The third-order valence-electron chi connectivity index (χ3n) is 6.17. The number of hydrogen-bond donors (Lipinski definition) is 1. The van der Waals surface area contributed by atoms with Crippen LogP contribution in [-0.2, 0) is 21.9 Å². The lowest BCUT2D eigenvalue weighted by atomic mass is 9.70. The summed E-state index contributed by atoms with van der Waals surface area (Å²) >= 11 is 0. The van der Waals surface area contributed by atoms with Gasteiger partial charge in [0.25, 0.3) is 0 Å². The van der Waals surface area contributed by atoms with Gasteiger partial charge in [-0.05, 0) is 60.2 Å². The van der Waals surface area contributed by atoms with Gasteiger partial charge in [0.1, 0.15) is 11.5 Å². The van der Waals surface area contributed by atoms with Crippen LogP contribution in [0.15, 0.2) is 78.9 Å². The molecule has 1 saturated carbocycles. The number of halogens is 6. The van der Waals surface area contributed by atoms with E-state index in [-0.39, 0.29) is 13.0 Å². The number of hydrogen-bond acceptors (Lipinski definition) is 4. The predicted molar refractivity (Wildman–Crippen MR) is 127 cm³/mol. The molecule has 0 heterocycles. The molecular weight excluding hydrogens is 536 g/mol. The molecule has 5 nitrogen and oxygen atoms in total. The minimum atomic E-state index is -4.91. The van der Waals surface area contributed by atoms with Gasteiger partial charge < -0.3 is 9.47 Å². The SMILES string of the molecule is O=S(=O)(NCC(Cc1ccccc1)(c1ccc(OC(F)(F)F)cc1)c1ccc(OC(F)(F)F)cc1)C1CC1. The van der Waals surface area contributed by atoms with E-state index >= 15 is 0 Å². The Morgan fingerprint density at radius 1 is 0.711 bits per heavy atom. The first kappa shape index (κ1) is 27.8. The summed E-state index contributed by atoms with van der Waals surface area (Å²) in [5.74, 6) is -0.940. The molecule has 0 amide bonds. The molecule has 38 heavy (non-hydrogen) atoms. The van der Waals surface area contributed by atoms with E-state index in [0.717, 1.165) is 29.8 Å². The third kappa shape index (κ3) is 7.19. The van der Waals surface area contributed by atoms with E-state index in [1.54, 1.807) is 30.3 Å². The summed E-state index contributed by atoms with van der Waals surface area (Å²) in [7, 11) is -3.69. The molecule has 0 saturated heterocycles. The van der Waals surface area contributed by atoms with Crippen molar-refractivity contribution in [1.82, 2.24) is 4.72 Å².